The van der Waals surface area contributed by atoms with Crippen molar-refractivity contribution in [3.05, 3.63) is 248 Å². The van der Waals surface area contributed by atoms with E-state index in [9.17, 15) is 0 Å². The summed E-state index contributed by atoms with van der Waals surface area (Å²) in [5, 5.41) is 7.61. The minimum absolute atomic E-state index is 0.586. The molecule has 7 nitrogen and oxygen atoms in total. The van der Waals surface area contributed by atoms with Gasteiger partial charge in [-0.25, -0.2) is 15.0 Å². The van der Waals surface area contributed by atoms with Crippen molar-refractivity contribution in [2.45, 2.75) is 6.92 Å². The van der Waals surface area contributed by atoms with E-state index in [2.05, 4.69) is 186 Å². The van der Waals surface area contributed by atoms with Gasteiger partial charge in [-0.2, -0.15) is 0 Å². The number of aromatic nitrogens is 5. The van der Waals surface area contributed by atoms with Gasteiger partial charge in [-0.15, -0.1) is 0 Å². The van der Waals surface area contributed by atoms with Crippen molar-refractivity contribution in [3.63, 3.8) is 0 Å². The lowest BCUT2D eigenvalue weighted by Gasteiger charge is -2.10. The van der Waals surface area contributed by atoms with E-state index in [1.54, 1.807) is 0 Å². The van der Waals surface area contributed by atoms with E-state index in [1.807, 2.05) is 78.9 Å². The van der Waals surface area contributed by atoms with Crippen molar-refractivity contribution in [2.24, 2.45) is 0 Å². The highest BCUT2D eigenvalue weighted by Crippen LogP contribution is 2.42. The van der Waals surface area contributed by atoms with Gasteiger partial charge in [0.2, 0.25) is 0 Å². The Morgan fingerprint density at radius 3 is 1.65 bits per heavy atom. The third kappa shape index (κ3) is 7.16. The Bertz CT molecular complexity index is 4830. The normalized spacial score (nSPS) is 12.0. The standard InChI is InChI=1S/C70H45N5O2/c1-3-17-59-51(4-2)56-38-45(30-35-61(56)74(59)49-22-12-7-13-23-49)46-31-36-62-57(39-46)52-24-14-15-26-60(52)75(62)50-32-37-63-58(42-50)53-33-28-47(40-65(53)76-63)48-29-34-54-66(41-48)77-64-27-16-25-55(67(54)64)70-72-68(43-18-8-5-9-19-43)71-69(73-70)44-20-10-6-11-21-44/h3-42H,2H2,1H3/b17-3-. The number of fused-ring (bicyclic) bond motifs is 10. The van der Waals surface area contributed by atoms with Gasteiger partial charge in [-0.1, -0.05) is 152 Å². The molecule has 0 aliphatic carbocycles. The topological polar surface area (TPSA) is 74.8 Å². The van der Waals surface area contributed by atoms with E-state index >= 15 is 0 Å². The molecule has 0 N–H and O–H groups in total. The molecule has 0 bridgehead atoms. The zero-order valence-corrected chi connectivity index (χ0v) is 41.9. The highest BCUT2D eigenvalue weighted by molar-refractivity contribution is 6.14. The van der Waals surface area contributed by atoms with Crippen LogP contribution >= 0.6 is 0 Å². The number of benzene rings is 10. The van der Waals surface area contributed by atoms with Gasteiger partial charge in [-0.3, -0.25) is 0 Å². The predicted octanol–water partition coefficient (Wildman–Crippen LogP) is 18.7. The van der Waals surface area contributed by atoms with Gasteiger partial charge < -0.3 is 18.0 Å². The van der Waals surface area contributed by atoms with Crippen LogP contribution in [-0.4, -0.2) is 24.1 Å². The quantitative estimate of drug-likeness (QED) is 0.144. The second-order valence-electron chi connectivity index (χ2n) is 19.5. The van der Waals surface area contributed by atoms with Gasteiger partial charge in [0, 0.05) is 71.3 Å². The SMILES string of the molecule is C=Cc1c(/C=C\C)n(-c2ccccc2)c2ccc(-c3ccc4c(c3)c3ccccc3n4-c3ccc4oc5cc(-c6ccc7c(c6)oc6cccc(-c8nc(-c9ccccc9)nc(-c9ccccc9)n8)c67)ccc5c4c3)cc12. The molecule has 0 spiro atoms. The largest absolute Gasteiger partial charge is 0.456 e. The molecule has 0 unspecified atom stereocenters. The number of allylic oxidation sites excluding steroid dienone is 1. The minimum atomic E-state index is 0.586. The van der Waals surface area contributed by atoms with Crippen LogP contribution < -0.4 is 0 Å². The summed E-state index contributed by atoms with van der Waals surface area (Å²) < 4.78 is 18.0. The fourth-order valence-electron chi connectivity index (χ4n) is 11.5. The number of hydrogen-bond donors (Lipinski definition) is 0. The lowest BCUT2D eigenvalue weighted by molar-refractivity contribution is 0.668. The molecule has 0 amide bonds. The molecule has 7 heteroatoms. The molecule has 5 heterocycles. The summed E-state index contributed by atoms with van der Waals surface area (Å²) in [5.74, 6) is 1.81. The number of rotatable bonds is 9. The van der Waals surface area contributed by atoms with E-state index in [4.69, 9.17) is 23.8 Å². The van der Waals surface area contributed by atoms with E-state index in [1.165, 1.54) is 16.2 Å². The zero-order valence-electron chi connectivity index (χ0n) is 41.9. The average molecular weight is 988 g/mol. The van der Waals surface area contributed by atoms with Gasteiger partial charge in [0.15, 0.2) is 17.5 Å². The van der Waals surface area contributed by atoms with Gasteiger partial charge in [0.1, 0.15) is 22.3 Å². The Morgan fingerprint density at radius 1 is 0.377 bits per heavy atom. The summed E-state index contributed by atoms with van der Waals surface area (Å²) in [5.41, 5.74) is 18.1. The van der Waals surface area contributed by atoms with E-state index in [0.717, 1.165) is 122 Å². The van der Waals surface area contributed by atoms with Crippen LogP contribution in [-0.2, 0) is 0 Å². The monoisotopic (exact) mass is 987 g/mol. The number of nitrogens with zero attached hydrogens (tertiary/aromatic N) is 5. The van der Waals surface area contributed by atoms with Gasteiger partial charge in [0.25, 0.3) is 0 Å². The molecule has 0 aliphatic heterocycles. The molecule has 0 saturated heterocycles. The van der Waals surface area contributed by atoms with Crippen molar-refractivity contribution >= 4 is 88.7 Å². The summed E-state index contributed by atoms with van der Waals surface area (Å²) >= 11 is 0. The Labute approximate surface area is 442 Å². The van der Waals surface area contributed by atoms with Crippen LogP contribution in [0.3, 0.4) is 0 Å². The Hall–Kier alpha value is -10.4. The first kappa shape index (κ1) is 44.1. The Balaban J connectivity index is 0.788. The first-order valence-electron chi connectivity index (χ1n) is 25.9. The lowest BCUT2D eigenvalue weighted by Crippen LogP contribution is -2.00. The first-order valence-corrected chi connectivity index (χ1v) is 25.9. The van der Waals surface area contributed by atoms with Crippen molar-refractivity contribution < 1.29 is 8.83 Å². The van der Waals surface area contributed by atoms with Gasteiger partial charge >= 0.3 is 0 Å². The summed E-state index contributed by atoms with van der Waals surface area (Å²) in [7, 11) is 0. The number of hydrogen-bond acceptors (Lipinski definition) is 5. The number of furan rings is 2. The average Bonchev–Trinajstić information content (AvgIpc) is 4.40. The minimum Gasteiger partial charge on any atom is -0.456 e. The fourth-order valence-corrected chi connectivity index (χ4v) is 11.5. The molecule has 0 aliphatic rings. The van der Waals surface area contributed by atoms with Crippen LogP contribution in [0.25, 0.3) is 157 Å². The zero-order chi connectivity index (χ0) is 51.1. The third-order valence-corrected chi connectivity index (χ3v) is 15.1. The molecule has 362 valence electrons. The smallest absolute Gasteiger partial charge is 0.164 e. The highest BCUT2D eigenvalue weighted by Gasteiger charge is 2.21. The second-order valence-corrected chi connectivity index (χ2v) is 19.5. The van der Waals surface area contributed by atoms with E-state index < -0.39 is 0 Å². The molecule has 0 atom stereocenters. The Kier molecular flexibility index (Phi) is 10.1. The molecule has 0 radical (unpaired) electrons. The van der Waals surface area contributed by atoms with Crippen LogP contribution in [0.2, 0.25) is 0 Å². The highest BCUT2D eigenvalue weighted by atomic mass is 16.3. The molecular formula is C70H45N5O2. The van der Waals surface area contributed by atoms with Crippen LogP contribution in [0.4, 0.5) is 0 Å². The predicted molar refractivity (Wildman–Crippen MR) is 318 cm³/mol. The molecule has 0 saturated carbocycles. The van der Waals surface area contributed by atoms with Gasteiger partial charge in [-0.05, 0) is 126 Å². The fraction of sp³-hybridized carbons (Fsp3) is 0.0143. The maximum absolute atomic E-state index is 6.64. The lowest BCUT2D eigenvalue weighted by atomic mass is 10.00. The third-order valence-electron chi connectivity index (χ3n) is 15.1. The maximum atomic E-state index is 6.64. The summed E-state index contributed by atoms with van der Waals surface area (Å²) in [4.78, 5) is 15.0. The van der Waals surface area contributed by atoms with Crippen LogP contribution in [0.5, 0.6) is 0 Å². The molecule has 15 aromatic rings. The summed E-state index contributed by atoms with van der Waals surface area (Å²) in [6.45, 7) is 6.33. The molecule has 5 aromatic heterocycles. The van der Waals surface area contributed by atoms with E-state index in [0.29, 0.717) is 17.5 Å². The molecular weight excluding hydrogens is 943 g/mol. The van der Waals surface area contributed by atoms with Crippen molar-refractivity contribution in [2.75, 3.05) is 0 Å². The van der Waals surface area contributed by atoms with Crippen molar-refractivity contribution in [1.82, 2.24) is 24.1 Å². The van der Waals surface area contributed by atoms with Crippen molar-refractivity contribution in [3.8, 4) is 67.8 Å². The molecule has 0 fully saturated rings. The van der Waals surface area contributed by atoms with E-state index in [-0.39, 0.29) is 0 Å². The maximum Gasteiger partial charge on any atom is 0.164 e. The number of para-hydroxylation sites is 2. The molecule has 10 aromatic carbocycles. The Morgan fingerprint density at radius 2 is 0.948 bits per heavy atom. The first-order chi connectivity index (χ1) is 38.1. The molecule has 77 heavy (non-hydrogen) atoms. The summed E-state index contributed by atoms with van der Waals surface area (Å²) in [6, 6.07) is 78.5. The van der Waals surface area contributed by atoms with Crippen LogP contribution in [0, 0.1) is 0 Å². The van der Waals surface area contributed by atoms with Gasteiger partial charge in [0.05, 0.1) is 22.2 Å². The summed E-state index contributed by atoms with van der Waals surface area (Å²) in [6.07, 6.45) is 6.25. The van der Waals surface area contributed by atoms with Crippen molar-refractivity contribution in [1.29, 1.82) is 0 Å². The van der Waals surface area contributed by atoms with Crippen LogP contribution in [0.15, 0.2) is 246 Å². The van der Waals surface area contributed by atoms with Crippen LogP contribution in [0.1, 0.15) is 18.2 Å². The second kappa shape index (κ2) is 17.6. The molecule has 15 rings (SSSR count).